The molecule has 1 heterocycles. The molecule has 72 valence electrons. The SMILES string of the molecule is C/C=C\c1ccnn1/C=C\C.CC. The monoisotopic (exact) mass is 178 g/mol. The lowest BCUT2D eigenvalue weighted by Gasteiger charge is -1.93. The first kappa shape index (κ1) is 11.7. The molecule has 2 heteroatoms. The van der Waals surface area contributed by atoms with E-state index in [2.05, 4.69) is 5.10 Å². The Kier molecular flexibility index (Phi) is 6.60. The molecule has 0 aliphatic carbocycles. The maximum atomic E-state index is 4.10. The molecule has 0 fully saturated rings. The van der Waals surface area contributed by atoms with Gasteiger partial charge in [0.05, 0.1) is 5.69 Å². The summed E-state index contributed by atoms with van der Waals surface area (Å²) >= 11 is 0. The Morgan fingerprint density at radius 2 is 1.92 bits per heavy atom. The summed E-state index contributed by atoms with van der Waals surface area (Å²) in [5.41, 5.74) is 1.10. The minimum absolute atomic E-state index is 1.10. The van der Waals surface area contributed by atoms with Crippen molar-refractivity contribution in [3.05, 3.63) is 30.1 Å². The Labute approximate surface area is 80.6 Å². The molecule has 1 rings (SSSR count). The van der Waals surface area contributed by atoms with Gasteiger partial charge in [0.25, 0.3) is 0 Å². The Morgan fingerprint density at radius 3 is 2.46 bits per heavy atom. The fraction of sp³-hybridized carbons (Fsp3) is 0.364. The molecule has 0 unspecified atom stereocenters. The highest BCUT2D eigenvalue weighted by molar-refractivity contribution is 5.47. The van der Waals surface area contributed by atoms with E-state index >= 15 is 0 Å². The first-order valence-corrected chi connectivity index (χ1v) is 4.67. The topological polar surface area (TPSA) is 17.8 Å². The number of aromatic nitrogens is 2. The van der Waals surface area contributed by atoms with Gasteiger partial charge in [-0.3, -0.25) is 0 Å². The van der Waals surface area contributed by atoms with E-state index in [9.17, 15) is 0 Å². The summed E-state index contributed by atoms with van der Waals surface area (Å²) in [4.78, 5) is 0. The molecule has 0 radical (unpaired) electrons. The van der Waals surface area contributed by atoms with E-state index in [1.807, 2.05) is 62.9 Å². The van der Waals surface area contributed by atoms with Crippen molar-refractivity contribution in [3.8, 4) is 0 Å². The van der Waals surface area contributed by atoms with Crippen LogP contribution in [0.4, 0.5) is 0 Å². The molecule has 0 bridgehead atoms. The van der Waals surface area contributed by atoms with Crippen LogP contribution in [0.25, 0.3) is 12.3 Å². The molecule has 0 aromatic carbocycles. The predicted molar refractivity (Wildman–Crippen MR) is 59.3 cm³/mol. The van der Waals surface area contributed by atoms with Gasteiger partial charge in [0, 0.05) is 12.4 Å². The van der Waals surface area contributed by atoms with Gasteiger partial charge in [-0.2, -0.15) is 5.10 Å². The molecule has 0 aliphatic rings. The molecule has 1 aromatic rings. The molecule has 0 amide bonds. The van der Waals surface area contributed by atoms with E-state index in [-0.39, 0.29) is 0 Å². The van der Waals surface area contributed by atoms with Gasteiger partial charge in [0.15, 0.2) is 0 Å². The van der Waals surface area contributed by atoms with Gasteiger partial charge < -0.3 is 0 Å². The van der Waals surface area contributed by atoms with Gasteiger partial charge in [-0.05, 0) is 26.0 Å². The molecule has 13 heavy (non-hydrogen) atoms. The number of hydrogen-bond acceptors (Lipinski definition) is 1. The summed E-state index contributed by atoms with van der Waals surface area (Å²) in [6.07, 6.45) is 9.69. The molecule has 0 atom stereocenters. The summed E-state index contributed by atoms with van der Waals surface area (Å²) in [7, 11) is 0. The quantitative estimate of drug-likeness (QED) is 0.678. The normalized spacial score (nSPS) is 10.5. The maximum absolute atomic E-state index is 4.10. The van der Waals surface area contributed by atoms with Crippen LogP contribution in [0.2, 0.25) is 0 Å². The van der Waals surface area contributed by atoms with Crippen LogP contribution in [0, 0.1) is 0 Å². The molecule has 0 saturated heterocycles. The fourth-order valence-electron chi connectivity index (χ4n) is 0.893. The number of rotatable bonds is 2. The summed E-state index contributed by atoms with van der Waals surface area (Å²) in [6.45, 7) is 7.97. The zero-order valence-corrected chi connectivity index (χ0v) is 8.86. The molecule has 0 aliphatic heterocycles. The van der Waals surface area contributed by atoms with Gasteiger partial charge in [0.2, 0.25) is 0 Å². The summed E-state index contributed by atoms with van der Waals surface area (Å²) in [5, 5.41) is 4.10. The molecular weight excluding hydrogens is 160 g/mol. The first-order valence-electron chi connectivity index (χ1n) is 4.67. The Bertz CT molecular complexity index is 243. The van der Waals surface area contributed by atoms with Crippen LogP contribution in [-0.4, -0.2) is 9.78 Å². The minimum atomic E-state index is 1.10. The molecule has 0 spiro atoms. The van der Waals surface area contributed by atoms with Gasteiger partial charge in [-0.1, -0.05) is 26.0 Å². The van der Waals surface area contributed by atoms with Crippen LogP contribution >= 0.6 is 0 Å². The van der Waals surface area contributed by atoms with Gasteiger partial charge in [0.1, 0.15) is 0 Å². The zero-order chi connectivity index (χ0) is 10.1. The number of allylic oxidation sites excluding steroid dienone is 2. The molecule has 2 nitrogen and oxygen atoms in total. The number of nitrogens with zero attached hydrogens (tertiary/aromatic N) is 2. The molecule has 0 saturated carbocycles. The Hall–Kier alpha value is -1.31. The molecule has 1 aromatic heterocycles. The summed E-state index contributed by atoms with van der Waals surface area (Å²) in [5.74, 6) is 0. The van der Waals surface area contributed by atoms with E-state index in [4.69, 9.17) is 0 Å². The van der Waals surface area contributed by atoms with E-state index in [0.29, 0.717) is 0 Å². The third kappa shape index (κ3) is 3.74. The Morgan fingerprint density at radius 1 is 1.23 bits per heavy atom. The van der Waals surface area contributed by atoms with Gasteiger partial charge >= 0.3 is 0 Å². The summed E-state index contributed by atoms with van der Waals surface area (Å²) in [6, 6.07) is 1.97. The highest BCUT2D eigenvalue weighted by atomic mass is 15.3. The Balaban J connectivity index is 0.000000671. The maximum Gasteiger partial charge on any atom is 0.0658 e. The van der Waals surface area contributed by atoms with Gasteiger partial charge in [-0.25, -0.2) is 4.68 Å². The van der Waals surface area contributed by atoms with E-state index in [1.54, 1.807) is 6.20 Å². The highest BCUT2D eigenvalue weighted by Gasteiger charge is 1.91. The van der Waals surface area contributed by atoms with Crippen LogP contribution in [0.5, 0.6) is 0 Å². The van der Waals surface area contributed by atoms with Crippen LogP contribution in [-0.2, 0) is 0 Å². The predicted octanol–water partition coefficient (Wildman–Crippen LogP) is 3.43. The first-order chi connectivity index (χ1) is 6.38. The lowest BCUT2D eigenvalue weighted by molar-refractivity contribution is 0.923. The smallest absolute Gasteiger partial charge is 0.0658 e. The van der Waals surface area contributed by atoms with Crippen molar-refractivity contribution < 1.29 is 0 Å². The fourth-order valence-corrected chi connectivity index (χ4v) is 0.893. The van der Waals surface area contributed by atoms with Crippen molar-refractivity contribution in [1.82, 2.24) is 9.78 Å². The van der Waals surface area contributed by atoms with Crippen LogP contribution in [0.3, 0.4) is 0 Å². The zero-order valence-electron chi connectivity index (χ0n) is 8.86. The average Bonchev–Trinajstić information content (AvgIpc) is 2.58. The molecular formula is C11H18N2. The van der Waals surface area contributed by atoms with Crippen LogP contribution in [0.1, 0.15) is 33.4 Å². The highest BCUT2D eigenvalue weighted by Crippen LogP contribution is 2.01. The second-order valence-electron chi connectivity index (χ2n) is 2.18. The largest absolute Gasteiger partial charge is 0.241 e. The second-order valence-corrected chi connectivity index (χ2v) is 2.18. The third-order valence-corrected chi connectivity index (χ3v) is 1.33. The van der Waals surface area contributed by atoms with E-state index in [1.165, 1.54) is 0 Å². The lowest BCUT2D eigenvalue weighted by atomic mass is 10.4. The van der Waals surface area contributed by atoms with E-state index in [0.717, 1.165) is 5.69 Å². The van der Waals surface area contributed by atoms with Crippen molar-refractivity contribution in [2.45, 2.75) is 27.7 Å². The van der Waals surface area contributed by atoms with Crippen molar-refractivity contribution in [1.29, 1.82) is 0 Å². The van der Waals surface area contributed by atoms with Crippen LogP contribution < -0.4 is 0 Å². The average molecular weight is 178 g/mol. The van der Waals surface area contributed by atoms with Gasteiger partial charge in [-0.15, -0.1) is 0 Å². The lowest BCUT2D eigenvalue weighted by Crippen LogP contribution is -1.89. The summed E-state index contributed by atoms with van der Waals surface area (Å²) < 4.78 is 1.83. The standard InChI is InChI=1S/C9H12N2.C2H6/c1-3-5-9-6-7-10-11(9)8-4-2;1-2/h3-8H,1-2H3;1-2H3/b5-3-,8-4-;. The van der Waals surface area contributed by atoms with Crippen molar-refractivity contribution in [3.63, 3.8) is 0 Å². The van der Waals surface area contributed by atoms with Crippen molar-refractivity contribution in [2.75, 3.05) is 0 Å². The van der Waals surface area contributed by atoms with Crippen molar-refractivity contribution >= 4 is 12.3 Å². The molecule has 0 N–H and O–H groups in total. The number of hydrogen-bond donors (Lipinski definition) is 0. The minimum Gasteiger partial charge on any atom is -0.241 e. The third-order valence-electron chi connectivity index (χ3n) is 1.33. The second kappa shape index (κ2) is 7.35. The van der Waals surface area contributed by atoms with E-state index < -0.39 is 0 Å². The van der Waals surface area contributed by atoms with Crippen molar-refractivity contribution in [2.24, 2.45) is 0 Å². The van der Waals surface area contributed by atoms with Crippen LogP contribution in [0.15, 0.2) is 24.4 Å².